The molecule has 5 nitrogen and oxygen atoms in total. The summed E-state index contributed by atoms with van der Waals surface area (Å²) in [6, 6.07) is 0. The monoisotopic (exact) mass is 373 g/mol. The van der Waals surface area contributed by atoms with Gasteiger partial charge >= 0.3 is 0 Å². The first kappa shape index (κ1) is 16.8. The van der Waals surface area contributed by atoms with Gasteiger partial charge in [-0.25, -0.2) is 4.98 Å². The molecule has 6 heteroatoms. The second-order valence-corrected chi connectivity index (χ2v) is 9.60. The molecule has 1 aromatic heterocycles. The molecule has 26 heavy (non-hydrogen) atoms. The summed E-state index contributed by atoms with van der Waals surface area (Å²) in [7, 11) is 0. The standard InChI is InChI=1S/C20H27N3O2S/c1-26-19-21-16-4-2-3-15(16)18(22-19)25-11-17(24)23-20-8-12-5-13(9-20)7-14(6-12)10-20/h12-14H,2-11H2,1H3,(H,23,24). The van der Waals surface area contributed by atoms with Gasteiger partial charge in [0.1, 0.15) is 0 Å². The highest BCUT2D eigenvalue weighted by molar-refractivity contribution is 7.98. The molecule has 6 rings (SSSR count). The number of hydrogen-bond acceptors (Lipinski definition) is 5. The predicted molar refractivity (Wildman–Crippen MR) is 100 cm³/mol. The molecule has 1 N–H and O–H groups in total. The van der Waals surface area contributed by atoms with Crippen LogP contribution >= 0.6 is 11.8 Å². The number of fused-ring (bicyclic) bond motifs is 1. The molecule has 4 bridgehead atoms. The SMILES string of the molecule is CSc1nc2c(c(OCC(=O)NC34CC5CC(CC(C5)C3)C4)n1)CCC2. The zero-order chi connectivity index (χ0) is 17.7. The van der Waals surface area contributed by atoms with Gasteiger partial charge in [-0.3, -0.25) is 4.79 Å². The number of carbonyl (C=O) groups is 1. The van der Waals surface area contributed by atoms with E-state index in [2.05, 4.69) is 15.3 Å². The van der Waals surface area contributed by atoms with Gasteiger partial charge in [-0.15, -0.1) is 0 Å². The van der Waals surface area contributed by atoms with Crippen molar-refractivity contribution in [2.45, 2.75) is 68.5 Å². The van der Waals surface area contributed by atoms with Gasteiger partial charge in [0.2, 0.25) is 5.88 Å². The van der Waals surface area contributed by atoms with Gasteiger partial charge in [0.15, 0.2) is 11.8 Å². The van der Waals surface area contributed by atoms with Crippen molar-refractivity contribution in [1.82, 2.24) is 15.3 Å². The first-order valence-electron chi connectivity index (χ1n) is 10.00. The Hall–Kier alpha value is -1.30. The molecule has 140 valence electrons. The van der Waals surface area contributed by atoms with Crippen LogP contribution in [0.2, 0.25) is 0 Å². The summed E-state index contributed by atoms with van der Waals surface area (Å²) < 4.78 is 5.89. The van der Waals surface area contributed by atoms with Gasteiger partial charge in [-0.1, -0.05) is 11.8 Å². The summed E-state index contributed by atoms with van der Waals surface area (Å²) in [5.41, 5.74) is 2.25. The van der Waals surface area contributed by atoms with Crippen LogP contribution in [0.3, 0.4) is 0 Å². The van der Waals surface area contributed by atoms with Crippen molar-refractivity contribution < 1.29 is 9.53 Å². The van der Waals surface area contributed by atoms with E-state index in [1.807, 2.05) is 6.26 Å². The van der Waals surface area contributed by atoms with E-state index in [0.29, 0.717) is 5.88 Å². The molecule has 0 unspecified atom stereocenters. The molecule has 5 aliphatic rings. The third-order valence-electron chi connectivity index (χ3n) is 6.84. The van der Waals surface area contributed by atoms with Crippen LogP contribution in [0.4, 0.5) is 0 Å². The van der Waals surface area contributed by atoms with Crippen LogP contribution in [-0.4, -0.2) is 34.3 Å². The molecule has 0 saturated heterocycles. The molecule has 1 aromatic rings. The van der Waals surface area contributed by atoms with Crippen LogP contribution in [0.5, 0.6) is 5.88 Å². The Kier molecular flexibility index (Phi) is 4.14. The highest BCUT2D eigenvalue weighted by atomic mass is 32.2. The maximum absolute atomic E-state index is 12.7. The number of amides is 1. The number of aryl methyl sites for hydroxylation is 1. The zero-order valence-corrected chi connectivity index (χ0v) is 16.2. The first-order chi connectivity index (χ1) is 12.6. The normalized spacial score (nSPS) is 34.0. The lowest BCUT2D eigenvalue weighted by Gasteiger charge is -2.56. The lowest BCUT2D eigenvalue weighted by molar-refractivity contribution is -0.128. The van der Waals surface area contributed by atoms with Crippen molar-refractivity contribution >= 4 is 17.7 Å². The number of nitrogens with zero attached hydrogens (tertiary/aromatic N) is 2. The third-order valence-corrected chi connectivity index (χ3v) is 7.39. The largest absolute Gasteiger partial charge is 0.467 e. The summed E-state index contributed by atoms with van der Waals surface area (Å²) in [4.78, 5) is 21.8. The third kappa shape index (κ3) is 3.00. The second kappa shape index (κ2) is 6.39. The Morgan fingerprint density at radius 3 is 2.50 bits per heavy atom. The van der Waals surface area contributed by atoms with Crippen LogP contribution in [0.1, 0.15) is 56.2 Å². The van der Waals surface area contributed by atoms with Crippen molar-refractivity contribution in [1.29, 1.82) is 0 Å². The van der Waals surface area contributed by atoms with Crippen molar-refractivity contribution in [3.8, 4) is 5.88 Å². The van der Waals surface area contributed by atoms with Crippen LogP contribution < -0.4 is 10.1 Å². The second-order valence-electron chi connectivity index (χ2n) is 8.83. The van der Waals surface area contributed by atoms with E-state index in [0.717, 1.165) is 53.4 Å². The van der Waals surface area contributed by atoms with Gasteiger partial charge in [0.25, 0.3) is 5.91 Å². The summed E-state index contributed by atoms with van der Waals surface area (Å²) >= 11 is 1.52. The molecule has 1 heterocycles. The average Bonchev–Trinajstić information content (AvgIpc) is 3.06. The average molecular weight is 374 g/mol. The van der Waals surface area contributed by atoms with Crippen LogP contribution in [0.15, 0.2) is 5.16 Å². The molecule has 5 aliphatic carbocycles. The highest BCUT2D eigenvalue weighted by Crippen LogP contribution is 2.55. The minimum Gasteiger partial charge on any atom is -0.467 e. The molecule has 0 spiro atoms. The Morgan fingerprint density at radius 1 is 1.15 bits per heavy atom. The van der Waals surface area contributed by atoms with Gasteiger partial charge in [0, 0.05) is 11.1 Å². The van der Waals surface area contributed by atoms with Crippen LogP contribution in [-0.2, 0) is 17.6 Å². The molecule has 0 atom stereocenters. The lowest BCUT2D eigenvalue weighted by atomic mass is 9.53. The fraction of sp³-hybridized carbons (Fsp3) is 0.750. The summed E-state index contributed by atoms with van der Waals surface area (Å²) in [5.74, 6) is 3.13. The Bertz CT molecular complexity index is 701. The first-order valence-corrected chi connectivity index (χ1v) is 11.2. The van der Waals surface area contributed by atoms with Crippen molar-refractivity contribution in [3.05, 3.63) is 11.3 Å². The number of rotatable bonds is 5. The van der Waals surface area contributed by atoms with Gasteiger partial charge < -0.3 is 10.1 Å². The van der Waals surface area contributed by atoms with E-state index >= 15 is 0 Å². The fourth-order valence-electron chi connectivity index (χ4n) is 6.32. The van der Waals surface area contributed by atoms with E-state index < -0.39 is 0 Å². The van der Waals surface area contributed by atoms with Crippen LogP contribution in [0.25, 0.3) is 0 Å². The van der Waals surface area contributed by atoms with E-state index in [4.69, 9.17) is 4.74 Å². The van der Waals surface area contributed by atoms with E-state index in [9.17, 15) is 4.79 Å². The molecule has 0 radical (unpaired) electrons. The zero-order valence-electron chi connectivity index (χ0n) is 15.4. The maximum atomic E-state index is 12.7. The van der Waals surface area contributed by atoms with Crippen molar-refractivity contribution in [2.24, 2.45) is 17.8 Å². The number of thioether (sulfide) groups is 1. The molecular formula is C20H27N3O2S. The van der Waals surface area contributed by atoms with Crippen molar-refractivity contribution in [3.63, 3.8) is 0 Å². The Labute approximate surface area is 159 Å². The molecule has 1 amide bonds. The van der Waals surface area contributed by atoms with Gasteiger partial charge in [-0.05, 0) is 81.8 Å². The van der Waals surface area contributed by atoms with Crippen molar-refractivity contribution in [2.75, 3.05) is 12.9 Å². The number of ether oxygens (including phenoxy) is 1. The summed E-state index contributed by atoms with van der Waals surface area (Å²) in [6.07, 6.45) is 12.7. The topological polar surface area (TPSA) is 64.1 Å². The van der Waals surface area contributed by atoms with E-state index in [1.54, 1.807) is 0 Å². The summed E-state index contributed by atoms with van der Waals surface area (Å²) in [6.45, 7) is 0.0685. The maximum Gasteiger partial charge on any atom is 0.258 e. The minimum absolute atomic E-state index is 0.0167. The predicted octanol–water partition coefficient (Wildman–Crippen LogP) is 3.15. The molecule has 4 fully saturated rings. The molecular weight excluding hydrogens is 346 g/mol. The summed E-state index contributed by atoms with van der Waals surface area (Å²) in [5, 5.41) is 4.12. The van der Waals surface area contributed by atoms with E-state index in [1.165, 1.54) is 50.3 Å². The Balaban J connectivity index is 1.25. The Morgan fingerprint density at radius 2 is 1.85 bits per heavy atom. The van der Waals surface area contributed by atoms with Gasteiger partial charge in [0.05, 0.1) is 5.69 Å². The van der Waals surface area contributed by atoms with E-state index in [-0.39, 0.29) is 18.1 Å². The number of aromatic nitrogens is 2. The van der Waals surface area contributed by atoms with Crippen LogP contribution in [0, 0.1) is 17.8 Å². The number of hydrogen-bond donors (Lipinski definition) is 1. The molecule has 0 aliphatic heterocycles. The number of carbonyl (C=O) groups excluding carboxylic acids is 1. The number of nitrogens with one attached hydrogen (secondary N) is 1. The minimum atomic E-state index is 0.0167. The molecule has 0 aromatic carbocycles. The highest BCUT2D eigenvalue weighted by Gasteiger charge is 2.51. The quantitative estimate of drug-likeness (QED) is 0.634. The lowest BCUT2D eigenvalue weighted by Crippen LogP contribution is -2.60. The van der Waals surface area contributed by atoms with Gasteiger partial charge in [-0.2, -0.15) is 4.98 Å². The molecule has 4 saturated carbocycles. The smallest absolute Gasteiger partial charge is 0.258 e. The fourth-order valence-corrected chi connectivity index (χ4v) is 6.69.